The molecule has 0 unspecified atom stereocenters. The maximum atomic E-state index is 13.1. The summed E-state index contributed by atoms with van der Waals surface area (Å²) in [4.78, 5) is 8.29. The number of halogens is 3. The summed E-state index contributed by atoms with van der Waals surface area (Å²) < 4.78 is 66.8. The Morgan fingerprint density at radius 1 is 1.21 bits per heavy atom. The van der Waals surface area contributed by atoms with Gasteiger partial charge in [-0.25, -0.2) is 13.4 Å². The van der Waals surface area contributed by atoms with E-state index in [2.05, 4.69) is 9.97 Å². The Balaban J connectivity index is 2.28. The van der Waals surface area contributed by atoms with Crippen LogP contribution in [0.2, 0.25) is 0 Å². The summed E-state index contributed by atoms with van der Waals surface area (Å²) in [5, 5.41) is 8.85. The molecule has 3 aromatic rings. The molecule has 11 heteroatoms. The summed E-state index contributed by atoms with van der Waals surface area (Å²) in [6, 6.07) is 4.21. The molecule has 0 amide bonds. The first-order chi connectivity index (χ1) is 13.0. The number of nitriles is 1. The predicted octanol–water partition coefficient (Wildman–Crippen LogP) is 2.85. The number of rotatable bonds is 4. The van der Waals surface area contributed by atoms with Crippen LogP contribution >= 0.6 is 0 Å². The Morgan fingerprint density at radius 3 is 2.43 bits per heavy atom. The molecule has 0 aliphatic rings. The molecule has 0 atom stereocenters. The molecule has 0 aromatic carbocycles. The fraction of sp³-hybridized carbons (Fsp3) is 0.353. The summed E-state index contributed by atoms with van der Waals surface area (Å²) in [6.45, 7) is 1.47. The molecule has 0 aliphatic heterocycles. The van der Waals surface area contributed by atoms with Crippen LogP contribution in [0.5, 0.6) is 0 Å². The zero-order valence-corrected chi connectivity index (χ0v) is 16.1. The number of aryl methyl sites for hydroxylation is 2. The van der Waals surface area contributed by atoms with Crippen molar-refractivity contribution >= 4 is 21.0 Å². The van der Waals surface area contributed by atoms with E-state index in [1.54, 1.807) is 0 Å². The summed E-state index contributed by atoms with van der Waals surface area (Å²) >= 11 is 0. The van der Waals surface area contributed by atoms with Crippen molar-refractivity contribution < 1.29 is 21.6 Å². The minimum absolute atomic E-state index is 0.0169. The monoisotopic (exact) mass is 411 g/mol. The lowest BCUT2D eigenvalue weighted by atomic mass is 10.2. The van der Waals surface area contributed by atoms with Crippen LogP contribution in [0.3, 0.4) is 0 Å². The van der Waals surface area contributed by atoms with E-state index in [1.165, 1.54) is 37.8 Å². The topological polar surface area (TPSA) is 93.6 Å². The molecular formula is C17H16F3N5O2S. The maximum Gasteiger partial charge on any atom is 0.431 e. The third-order valence-corrected chi connectivity index (χ3v) is 6.19. The molecule has 148 valence electrons. The number of pyridine rings is 1. The molecule has 0 saturated heterocycles. The van der Waals surface area contributed by atoms with Crippen LogP contribution in [0.25, 0.3) is 22.7 Å². The smallest absolute Gasteiger partial charge is 0.325 e. The first kappa shape index (κ1) is 19.9. The first-order valence-corrected chi connectivity index (χ1v) is 9.84. The van der Waals surface area contributed by atoms with Crippen molar-refractivity contribution in [3.63, 3.8) is 0 Å². The summed E-state index contributed by atoms with van der Waals surface area (Å²) in [6.07, 6.45) is -3.19. The van der Waals surface area contributed by atoms with Crippen molar-refractivity contribution in [2.24, 2.45) is 14.1 Å². The molecule has 3 rings (SSSR count). The van der Waals surface area contributed by atoms with Crippen molar-refractivity contribution in [1.82, 2.24) is 19.1 Å². The predicted molar refractivity (Wildman–Crippen MR) is 95.0 cm³/mol. The van der Waals surface area contributed by atoms with E-state index in [9.17, 15) is 21.6 Å². The molecule has 28 heavy (non-hydrogen) atoms. The highest BCUT2D eigenvalue weighted by Gasteiger charge is 2.36. The average Bonchev–Trinajstić information content (AvgIpc) is 3.12. The van der Waals surface area contributed by atoms with E-state index < -0.39 is 21.7 Å². The van der Waals surface area contributed by atoms with Gasteiger partial charge in [0.1, 0.15) is 22.6 Å². The Hall–Kier alpha value is -2.87. The second kappa shape index (κ2) is 6.63. The van der Waals surface area contributed by atoms with E-state index >= 15 is 0 Å². The zero-order valence-electron chi connectivity index (χ0n) is 15.2. The highest BCUT2D eigenvalue weighted by atomic mass is 32.2. The molecule has 3 heterocycles. The molecule has 0 saturated carbocycles. The van der Waals surface area contributed by atoms with Crippen molar-refractivity contribution in [2.45, 2.75) is 24.4 Å². The SMILES string of the molecule is CCS(=O)(=O)c1cc(CC#N)cnc1-c1nc2cc(C(F)(F)F)n(C)c2n1C. The van der Waals surface area contributed by atoms with Crippen LogP contribution < -0.4 is 0 Å². The van der Waals surface area contributed by atoms with Gasteiger partial charge < -0.3 is 9.13 Å². The third-order valence-electron chi connectivity index (χ3n) is 4.45. The Labute approximate surface area is 159 Å². The van der Waals surface area contributed by atoms with Gasteiger partial charge in [-0.05, 0) is 17.7 Å². The number of imidazole rings is 1. The molecule has 0 spiro atoms. The Bertz CT molecular complexity index is 1220. The molecule has 0 bridgehead atoms. The minimum Gasteiger partial charge on any atom is -0.325 e. The highest BCUT2D eigenvalue weighted by Crippen LogP contribution is 2.35. The number of aromatic nitrogens is 4. The molecule has 0 radical (unpaired) electrons. The van der Waals surface area contributed by atoms with Gasteiger partial charge in [0.15, 0.2) is 15.7 Å². The van der Waals surface area contributed by atoms with Crippen LogP contribution in [0, 0.1) is 11.3 Å². The second-order valence-corrected chi connectivity index (χ2v) is 8.46. The average molecular weight is 411 g/mol. The van der Waals surface area contributed by atoms with E-state index in [-0.39, 0.29) is 39.8 Å². The van der Waals surface area contributed by atoms with E-state index in [0.29, 0.717) is 5.56 Å². The quantitative estimate of drug-likeness (QED) is 0.658. The molecular weight excluding hydrogens is 395 g/mol. The second-order valence-electron chi connectivity index (χ2n) is 6.22. The fourth-order valence-corrected chi connectivity index (χ4v) is 4.14. The summed E-state index contributed by atoms with van der Waals surface area (Å²) in [7, 11) is -0.943. The van der Waals surface area contributed by atoms with E-state index in [1.807, 2.05) is 6.07 Å². The zero-order chi connectivity index (χ0) is 20.9. The van der Waals surface area contributed by atoms with Crippen molar-refractivity contribution in [3.8, 4) is 17.6 Å². The van der Waals surface area contributed by atoms with Gasteiger partial charge >= 0.3 is 6.18 Å². The van der Waals surface area contributed by atoms with Gasteiger partial charge in [-0.3, -0.25) is 4.98 Å². The minimum atomic E-state index is -4.54. The largest absolute Gasteiger partial charge is 0.431 e. The van der Waals surface area contributed by atoms with Gasteiger partial charge in [-0.15, -0.1) is 0 Å². The van der Waals surface area contributed by atoms with Crippen molar-refractivity contribution in [2.75, 3.05) is 5.75 Å². The van der Waals surface area contributed by atoms with Crippen molar-refractivity contribution in [1.29, 1.82) is 5.26 Å². The standard InChI is InChI=1S/C17H16F3N5O2S/c1-4-28(26,27)12-7-10(5-6-21)9-22-14(12)15-23-11-8-13(17(18,19)20)24(2)16(11)25(15)3/h7-9H,4-5H2,1-3H3. The Kier molecular flexibility index (Phi) is 4.71. The normalized spacial score (nSPS) is 12.5. The highest BCUT2D eigenvalue weighted by molar-refractivity contribution is 7.91. The number of fused-ring (bicyclic) bond motifs is 1. The van der Waals surface area contributed by atoms with Crippen LogP contribution in [0.15, 0.2) is 23.2 Å². The van der Waals surface area contributed by atoms with Crippen molar-refractivity contribution in [3.05, 3.63) is 29.6 Å². The van der Waals surface area contributed by atoms with Crippen LogP contribution in [0.1, 0.15) is 18.2 Å². The third kappa shape index (κ3) is 3.13. The first-order valence-electron chi connectivity index (χ1n) is 8.19. The van der Waals surface area contributed by atoms with Gasteiger partial charge in [-0.2, -0.15) is 18.4 Å². The van der Waals surface area contributed by atoms with Gasteiger partial charge in [-0.1, -0.05) is 6.92 Å². The lowest BCUT2D eigenvalue weighted by Gasteiger charge is -2.12. The number of hydrogen-bond acceptors (Lipinski definition) is 5. The number of sulfone groups is 1. The van der Waals surface area contributed by atoms with Gasteiger partial charge in [0.25, 0.3) is 0 Å². The number of hydrogen-bond donors (Lipinski definition) is 0. The van der Waals surface area contributed by atoms with Crippen LogP contribution in [-0.2, 0) is 36.5 Å². The van der Waals surface area contributed by atoms with Gasteiger partial charge in [0.05, 0.1) is 23.1 Å². The molecule has 7 nitrogen and oxygen atoms in total. The Morgan fingerprint density at radius 2 is 1.89 bits per heavy atom. The summed E-state index contributed by atoms with van der Waals surface area (Å²) in [5.74, 6) is -0.0651. The van der Waals surface area contributed by atoms with Gasteiger partial charge in [0.2, 0.25) is 0 Å². The van der Waals surface area contributed by atoms with Crippen LogP contribution in [0.4, 0.5) is 13.2 Å². The summed E-state index contributed by atoms with van der Waals surface area (Å²) in [5.41, 5.74) is -0.127. The molecule has 0 aliphatic carbocycles. The number of alkyl halides is 3. The fourth-order valence-electron chi connectivity index (χ4n) is 3.06. The lowest BCUT2D eigenvalue weighted by molar-refractivity contribution is -0.142. The van der Waals surface area contributed by atoms with Gasteiger partial charge in [0, 0.05) is 20.3 Å². The molecule has 0 fully saturated rings. The maximum absolute atomic E-state index is 13.1. The van der Waals surface area contributed by atoms with E-state index in [4.69, 9.17) is 5.26 Å². The number of nitrogens with zero attached hydrogens (tertiary/aromatic N) is 5. The van der Waals surface area contributed by atoms with Crippen LogP contribution in [-0.4, -0.2) is 33.3 Å². The lowest BCUT2D eigenvalue weighted by Crippen LogP contribution is -2.13. The van der Waals surface area contributed by atoms with E-state index in [0.717, 1.165) is 10.6 Å². The molecule has 3 aromatic heterocycles. The molecule has 0 N–H and O–H groups in total.